The molecule has 3 aliphatic heterocycles. The molecule has 140 valence electrons. The van der Waals surface area contributed by atoms with E-state index in [-0.39, 0.29) is 28.9 Å². The normalized spacial score (nSPS) is 32.9. The highest BCUT2D eigenvalue weighted by Crippen LogP contribution is 2.54. The van der Waals surface area contributed by atoms with Gasteiger partial charge in [0.15, 0.2) is 5.60 Å². The average Bonchev–Trinajstić information content (AvgIpc) is 3.12. The maximum absolute atomic E-state index is 12.8. The van der Waals surface area contributed by atoms with Crippen LogP contribution in [0.15, 0.2) is 47.6 Å². The van der Waals surface area contributed by atoms with Crippen LogP contribution in [0.5, 0.6) is 0 Å². The molecular formula is C20H20N2O5. The zero-order valence-corrected chi connectivity index (χ0v) is 14.7. The number of carbonyl (C=O) groups is 1. The Kier molecular flexibility index (Phi) is 3.54. The number of carbonyl (C=O) groups excluding carboxylic acids is 1. The number of hydrogen-bond acceptors (Lipinski definition) is 6. The number of aliphatic hydroxyl groups is 1. The summed E-state index contributed by atoms with van der Waals surface area (Å²) in [6.07, 6.45) is 6.45. The monoisotopic (exact) mass is 368 g/mol. The van der Waals surface area contributed by atoms with E-state index in [1.54, 1.807) is 12.1 Å². The average molecular weight is 368 g/mol. The summed E-state index contributed by atoms with van der Waals surface area (Å²) in [5.74, 6) is -0.562. The molecule has 0 radical (unpaired) electrons. The van der Waals surface area contributed by atoms with Crippen LogP contribution in [0.2, 0.25) is 0 Å². The minimum absolute atomic E-state index is 0.112. The van der Waals surface area contributed by atoms with Gasteiger partial charge >= 0.3 is 5.97 Å². The zero-order chi connectivity index (χ0) is 18.8. The van der Waals surface area contributed by atoms with Crippen LogP contribution >= 0.6 is 0 Å². The molecule has 1 N–H and O–H groups in total. The molecule has 4 aliphatic rings. The van der Waals surface area contributed by atoms with Crippen LogP contribution in [-0.2, 0) is 9.53 Å². The van der Waals surface area contributed by atoms with Gasteiger partial charge in [-0.2, -0.15) is 0 Å². The van der Waals surface area contributed by atoms with E-state index in [1.807, 2.05) is 6.08 Å². The fourth-order valence-corrected chi connectivity index (χ4v) is 5.34. The van der Waals surface area contributed by atoms with E-state index in [2.05, 4.69) is 11.0 Å². The maximum Gasteiger partial charge on any atom is 0.338 e. The van der Waals surface area contributed by atoms with Gasteiger partial charge in [0.25, 0.3) is 5.69 Å². The third-order valence-corrected chi connectivity index (χ3v) is 6.45. The largest absolute Gasteiger partial charge is 0.449 e. The van der Waals surface area contributed by atoms with E-state index >= 15 is 0 Å². The lowest BCUT2D eigenvalue weighted by molar-refractivity contribution is -0.386. The van der Waals surface area contributed by atoms with Crippen molar-refractivity contribution in [1.82, 2.24) is 4.90 Å². The van der Waals surface area contributed by atoms with Crippen molar-refractivity contribution in [3.8, 4) is 0 Å². The summed E-state index contributed by atoms with van der Waals surface area (Å²) in [5, 5.41) is 22.3. The smallest absolute Gasteiger partial charge is 0.338 e. The van der Waals surface area contributed by atoms with Gasteiger partial charge in [-0.1, -0.05) is 30.7 Å². The summed E-state index contributed by atoms with van der Waals surface area (Å²) in [4.78, 5) is 26.1. The summed E-state index contributed by atoms with van der Waals surface area (Å²) >= 11 is 0. The Morgan fingerprint density at radius 1 is 1.33 bits per heavy atom. The molecule has 5 rings (SSSR count). The van der Waals surface area contributed by atoms with Crippen LogP contribution in [0.3, 0.4) is 0 Å². The van der Waals surface area contributed by atoms with E-state index in [1.165, 1.54) is 12.1 Å². The molecule has 0 saturated carbocycles. The number of nitro benzene ring substituents is 1. The first-order valence-corrected chi connectivity index (χ1v) is 9.36. The Balaban J connectivity index is 1.63. The number of hydrogen-bond donors (Lipinski definition) is 1. The number of esters is 1. The van der Waals surface area contributed by atoms with Crippen molar-refractivity contribution in [1.29, 1.82) is 0 Å². The van der Waals surface area contributed by atoms with E-state index < -0.39 is 22.6 Å². The number of ether oxygens (including phenoxy) is 1. The van der Waals surface area contributed by atoms with E-state index in [0.29, 0.717) is 12.0 Å². The summed E-state index contributed by atoms with van der Waals surface area (Å²) in [6, 6.07) is 6.35. The first-order valence-electron chi connectivity index (χ1n) is 9.36. The van der Waals surface area contributed by atoms with Crippen LogP contribution in [-0.4, -0.2) is 45.1 Å². The van der Waals surface area contributed by atoms with Gasteiger partial charge in [-0.25, -0.2) is 4.79 Å². The molecule has 2 saturated heterocycles. The first kappa shape index (κ1) is 16.6. The van der Waals surface area contributed by atoms with Crippen molar-refractivity contribution in [2.75, 3.05) is 6.54 Å². The third-order valence-electron chi connectivity index (χ3n) is 6.45. The quantitative estimate of drug-likeness (QED) is 0.500. The number of benzene rings is 1. The number of para-hydroxylation sites is 1. The van der Waals surface area contributed by atoms with Crippen LogP contribution in [0.4, 0.5) is 5.69 Å². The molecule has 3 heterocycles. The highest BCUT2D eigenvalue weighted by molar-refractivity contribution is 5.96. The topological polar surface area (TPSA) is 92.9 Å². The molecule has 2 bridgehead atoms. The second kappa shape index (κ2) is 5.74. The first-order chi connectivity index (χ1) is 13.0. The standard InChI is InChI=1S/C20H20N2O5/c23-18(13-5-1-2-6-15(13)22(25)26)17-14-9-8-12-11-20(14,27-19(17)24)16-7-3-4-10-21(12)16/h1-2,5-6,8-9,12,16,18,23H,3-4,7,10-11H2/t12-,16-,18?,20+/m1/s1. The Morgan fingerprint density at radius 3 is 2.96 bits per heavy atom. The van der Waals surface area contributed by atoms with E-state index in [9.17, 15) is 20.0 Å². The molecule has 7 nitrogen and oxygen atoms in total. The summed E-state index contributed by atoms with van der Waals surface area (Å²) in [5.41, 5.74) is 0.0371. The SMILES string of the molecule is O=C1O[C@@]23C[C@@H](C=CC2=C1C(O)c1ccccc1[N+](=O)[O-])N1CCCC[C@@H]13. The van der Waals surface area contributed by atoms with Crippen molar-refractivity contribution < 1.29 is 19.6 Å². The lowest BCUT2D eigenvalue weighted by Crippen LogP contribution is -2.48. The van der Waals surface area contributed by atoms with E-state index in [4.69, 9.17) is 4.74 Å². The minimum Gasteiger partial charge on any atom is -0.449 e. The second-order valence-electron chi connectivity index (χ2n) is 7.70. The Hall–Kier alpha value is -2.51. The molecule has 2 fully saturated rings. The van der Waals surface area contributed by atoms with Crippen LogP contribution in [0, 0.1) is 10.1 Å². The maximum atomic E-state index is 12.8. The molecule has 0 aromatic heterocycles. The molecule has 1 aromatic rings. The molecule has 1 unspecified atom stereocenters. The Labute approximate surface area is 156 Å². The number of nitrogens with zero attached hydrogens (tertiary/aromatic N) is 2. The van der Waals surface area contributed by atoms with Crippen molar-refractivity contribution in [2.45, 2.75) is 49.5 Å². The molecule has 7 heteroatoms. The van der Waals surface area contributed by atoms with Crippen molar-refractivity contribution in [2.24, 2.45) is 0 Å². The number of nitro groups is 1. The number of piperidine rings is 1. The van der Waals surface area contributed by atoms with Crippen LogP contribution in [0.1, 0.15) is 37.4 Å². The van der Waals surface area contributed by atoms with Gasteiger partial charge in [-0.3, -0.25) is 15.0 Å². The molecule has 27 heavy (non-hydrogen) atoms. The third kappa shape index (κ3) is 2.18. The van der Waals surface area contributed by atoms with Crippen molar-refractivity contribution in [3.63, 3.8) is 0 Å². The summed E-state index contributed by atoms with van der Waals surface area (Å²) in [6.45, 7) is 0.980. The molecule has 0 amide bonds. The van der Waals surface area contributed by atoms with Gasteiger partial charge in [-0.05, 0) is 25.5 Å². The van der Waals surface area contributed by atoms with Gasteiger partial charge in [0.2, 0.25) is 0 Å². The summed E-state index contributed by atoms with van der Waals surface area (Å²) < 4.78 is 5.93. The molecular weight excluding hydrogens is 348 g/mol. The highest BCUT2D eigenvalue weighted by atomic mass is 16.6. The lowest BCUT2D eigenvalue weighted by Gasteiger charge is -2.37. The molecule has 1 aliphatic carbocycles. The van der Waals surface area contributed by atoms with Gasteiger partial charge in [-0.15, -0.1) is 0 Å². The van der Waals surface area contributed by atoms with Crippen LogP contribution < -0.4 is 0 Å². The predicted octanol–water partition coefficient (Wildman–Crippen LogP) is 2.42. The van der Waals surface area contributed by atoms with Gasteiger partial charge < -0.3 is 9.84 Å². The number of aliphatic hydroxyl groups excluding tert-OH is 1. The van der Waals surface area contributed by atoms with Gasteiger partial charge in [0.1, 0.15) is 6.10 Å². The fourth-order valence-electron chi connectivity index (χ4n) is 5.34. The molecule has 1 spiro atoms. The fraction of sp³-hybridized carbons (Fsp3) is 0.450. The van der Waals surface area contributed by atoms with Crippen molar-refractivity contribution >= 4 is 11.7 Å². The van der Waals surface area contributed by atoms with Crippen molar-refractivity contribution in [3.05, 3.63) is 63.2 Å². The Morgan fingerprint density at radius 2 is 2.15 bits per heavy atom. The van der Waals surface area contributed by atoms with Gasteiger partial charge in [0.05, 0.1) is 22.1 Å². The van der Waals surface area contributed by atoms with E-state index in [0.717, 1.165) is 25.8 Å². The second-order valence-corrected chi connectivity index (χ2v) is 7.70. The summed E-state index contributed by atoms with van der Waals surface area (Å²) in [7, 11) is 0. The van der Waals surface area contributed by atoms with Crippen LogP contribution in [0.25, 0.3) is 0 Å². The lowest BCUT2D eigenvalue weighted by atomic mass is 9.78. The zero-order valence-electron chi connectivity index (χ0n) is 14.7. The molecule has 1 aromatic carbocycles. The van der Waals surface area contributed by atoms with Gasteiger partial charge in [0, 0.05) is 24.1 Å². The minimum atomic E-state index is -1.38. The number of rotatable bonds is 3. The number of fused-ring (bicyclic) bond motifs is 3. The Bertz CT molecular complexity index is 907. The highest BCUT2D eigenvalue weighted by Gasteiger charge is 2.62. The predicted molar refractivity (Wildman–Crippen MR) is 95.8 cm³/mol. The molecule has 4 atom stereocenters.